The van der Waals surface area contributed by atoms with Gasteiger partial charge in [-0.1, -0.05) is 0 Å². The van der Waals surface area contributed by atoms with Crippen LogP contribution < -0.4 is 15.0 Å². The molecule has 1 aromatic carbocycles. The molecule has 2 N–H and O–H groups in total. The van der Waals surface area contributed by atoms with Gasteiger partial charge in [0.2, 0.25) is 5.88 Å². The molecule has 38 heavy (non-hydrogen) atoms. The van der Waals surface area contributed by atoms with Gasteiger partial charge in [0.15, 0.2) is 0 Å². The highest BCUT2D eigenvalue weighted by Gasteiger charge is 2.64. The average molecular weight is 539 g/mol. The number of alkyl halides is 3. The first-order valence-corrected chi connectivity index (χ1v) is 12.6. The van der Waals surface area contributed by atoms with Crippen LogP contribution in [0.15, 0.2) is 24.3 Å². The number of aromatic nitrogens is 1. The Morgan fingerprint density at radius 3 is 2.74 bits per heavy atom. The van der Waals surface area contributed by atoms with Crippen molar-refractivity contribution in [2.24, 2.45) is 11.3 Å². The molecule has 1 aromatic heterocycles. The molecule has 8 nitrogen and oxygen atoms in total. The third-order valence-corrected chi connectivity index (χ3v) is 7.48. The van der Waals surface area contributed by atoms with Crippen LogP contribution in [-0.4, -0.2) is 79.8 Å². The summed E-state index contributed by atoms with van der Waals surface area (Å²) >= 11 is 0. The van der Waals surface area contributed by atoms with Gasteiger partial charge < -0.3 is 29.7 Å². The molecular weight excluding hydrogens is 508 g/mol. The lowest BCUT2D eigenvalue weighted by molar-refractivity contribution is -0.147. The second kappa shape index (κ2) is 10.2. The fourth-order valence-corrected chi connectivity index (χ4v) is 5.52. The van der Waals surface area contributed by atoms with Gasteiger partial charge >= 0.3 is 12.2 Å². The zero-order chi connectivity index (χ0) is 27.1. The van der Waals surface area contributed by atoms with Crippen LogP contribution in [0.1, 0.15) is 18.4 Å². The number of aryl methyl sites for hydroxylation is 1. The summed E-state index contributed by atoms with van der Waals surface area (Å²) in [6.07, 6.45) is -4.75. The van der Waals surface area contributed by atoms with Gasteiger partial charge in [-0.2, -0.15) is 18.2 Å². The van der Waals surface area contributed by atoms with Crippen LogP contribution in [0, 0.1) is 24.1 Å². The average Bonchev–Trinajstić information content (AvgIpc) is 3.40. The molecule has 1 aliphatic carbocycles. The minimum absolute atomic E-state index is 0.00215. The smallest absolute Gasteiger partial charge is 0.389 e. The summed E-state index contributed by atoms with van der Waals surface area (Å²) in [6, 6.07) is 5.72. The van der Waals surface area contributed by atoms with Gasteiger partial charge in [-0.15, -0.1) is 0 Å². The van der Waals surface area contributed by atoms with E-state index in [1.54, 1.807) is 13.0 Å². The van der Waals surface area contributed by atoms with E-state index in [0.29, 0.717) is 61.1 Å². The maximum Gasteiger partial charge on any atom is 0.389 e. The third kappa shape index (κ3) is 5.65. The molecule has 3 aliphatic rings. The molecule has 2 saturated heterocycles. The zero-order valence-corrected chi connectivity index (χ0v) is 21.0. The number of halogens is 4. The Balaban J connectivity index is 1.38. The molecule has 0 bridgehead atoms. The molecule has 2 amide bonds. The van der Waals surface area contributed by atoms with Crippen LogP contribution >= 0.6 is 0 Å². The number of benzene rings is 1. The molecule has 1 saturated carbocycles. The van der Waals surface area contributed by atoms with E-state index in [4.69, 9.17) is 9.47 Å². The highest BCUT2D eigenvalue weighted by atomic mass is 19.4. The number of carbonyl (C=O) groups is 1. The first-order chi connectivity index (χ1) is 18.1. The van der Waals surface area contributed by atoms with Crippen LogP contribution in [0.3, 0.4) is 0 Å². The Hall–Kier alpha value is -3.12. The summed E-state index contributed by atoms with van der Waals surface area (Å²) in [6.45, 7) is 4.18. The summed E-state index contributed by atoms with van der Waals surface area (Å²) in [5, 5.41) is 11.7. The summed E-state index contributed by atoms with van der Waals surface area (Å²) in [4.78, 5) is 20.8. The van der Waals surface area contributed by atoms with Crippen molar-refractivity contribution in [3.05, 3.63) is 35.6 Å². The number of likely N-dealkylation sites (tertiary alicyclic amines) is 1. The highest BCUT2D eigenvalue weighted by Crippen LogP contribution is 2.62. The Labute approximate surface area is 217 Å². The number of anilines is 2. The number of morpholine rings is 1. The van der Waals surface area contributed by atoms with E-state index in [9.17, 15) is 27.5 Å². The van der Waals surface area contributed by atoms with Crippen molar-refractivity contribution in [2.45, 2.75) is 25.9 Å². The minimum Gasteiger partial charge on any atom is -0.475 e. The minimum atomic E-state index is -4.29. The second-order valence-corrected chi connectivity index (χ2v) is 10.2. The predicted molar refractivity (Wildman–Crippen MR) is 132 cm³/mol. The van der Waals surface area contributed by atoms with Crippen molar-refractivity contribution in [2.75, 3.05) is 62.8 Å². The number of pyridine rings is 1. The van der Waals surface area contributed by atoms with Gasteiger partial charge in [0, 0.05) is 37.7 Å². The Morgan fingerprint density at radius 1 is 1.26 bits per heavy atom. The largest absolute Gasteiger partial charge is 0.475 e. The van der Waals surface area contributed by atoms with Crippen molar-refractivity contribution in [3.8, 4) is 17.0 Å². The third-order valence-electron chi connectivity index (χ3n) is 7.48. The Bertz CT molecular complexity index is 1200. The lowest BCUT2D eigenvalue weighted by atomic mass is 10.00. The lowest BCUT2D eigenvalue weighted by Crippen LogP contribution is -2.36. The Morgan fingerprint density at radius 2 is 2.03 bits per heavy atom. The number of nitrogens with one attached hydrogen (secondary N) is 1. The van der Waals surface area contributed by atoms with Crippen LogP contribution in [0.25, 0.3) is 11.1 Å². The fraction of sp³-hybridized carbons (Fsp3) is 0.538. The molecule has 206 valence electrons. The molecule has 12 heteroatoms. The number of amides is 2. The first-order valence-electron chi connectivity index (χ1n) is 12.6. The van der Waals surface area contributed by atoms with E-state index in [2.05, 4.69) is 10.3 Å². The quantitative estimate of drug-likeness (QED) is 0.514. The number of rotatable bonds is 7. The summed E-state index contributed by atoms with van der Waals surface area (Å²) in [5.41, 5.74) is 0.937. The van der Waals surface area contributed by atoms with E-state index in [-0.39, 0.29) is 37.9 Å². The molecule has 3 heterocycles. The van der Waals surface area contributed by atoms with Gasteiger partial charge in [0.25, 0.3) is 0 Å². The maximum absolute atomic E-state index is 14.9. The van der Waals surface area contributed by atoms with Gasteiger partial charge in [0.05, 0.1) is 31.9 Å². The number of aliphatic hydroxyl groups is 1. The zero-order valence-electron chi connectivity index (χ0n) is 21.0. The number of carbonyl (C=O) groups excluding carboxylic acids is 1. The van der Waals surface area contributed by atoms with Crippen molar-refractivity contribution in [3.63, 3.8) is 0 Å². The van der Waals surface area contributed by atoms with E-state index in [1.807, 2.05) is 11.0 Å². The molecular formula is C26H30F4N4O4. The molecule has 5 rings (SSSR count). The molecule has 0 spiro atoms. The normalized spacial score (nSPS) is 22.8. The molecule has 2 aromatic rings. The van der Waals surface area contributed by atoms with Gasteiger partial charge in [-0.05, 0) is 54.2 Å². The topological polar surface area (TPSA) is 87.2 Å². The molecule has 2 unspecified atom stereocenters. The van der Waals surface area contributed by atoms with Crippen LogP contribution in [0.4, 0.5) is 33.9 Å². The molecule has 2 atom stereocenters. The molecule has 2 aliphatic heterocycles. The fourth-order valence-electron chi connectivity index (χ4n) is 5.52. The maximum atomic E-state index is 14.9. The number of hydrogen-bond donors (Lipinski definition) is 2. The second-order valence-electron chi connectivity index (χ2n) is 10.2. The van der Waals surface area contributed by atoms with Gasteiger partial charge in [-0.3, -0.25) is 0 Å². The van der Waals surface area contributed by atoms with Crippen molar-refractivity contribution < 1.29 is 36.9 Å². The first kappa shape index (κ1) is 26.5. The van der Waals surface area contributed by atoms with E-state index in [1.165, 1.54) is 17.0 Å². The monoisotopic (exact) mass is 538 g/mol. The Kier molecular flexibility index (Phi) is 7.12. The van der Waals surface area contributed by atoms with E-state index < -0.39 is 29.9 Å². The van der Waals surface area contributed by atoms with Crippen LogP contribution in [-0.2, 0) is 4.74 Å². The SMILES string of the molecule is Cc1cc(F)c(NC(=O)N2CC3CC3(CC(F)(F)F)C2)cc1-c1cc(OCCO)nc(N2CCOCC2)c1. The number of ether oxygens (including phenoxy) is 2. The summed E-state index contributed by atoms with van der Waals surface area (Å²) in [7, 11) is 0. The summed E-state index contributed by atoms with van der Waals surface area (Å²) < 4.78 is 64.9. The number of nitrogens with zero attached hydrogens (tertiary/aromatic N) is 3. The van der Waals surface area contributed by atoms with Crippen LogP contribution in [0.2, 0.25) is 0 Å². The van der Waals surface area contributed by atoms with E-state index >= 15 is 0 Å². The number of hydrogen-bond acceptors (Lipinski definition) is 6. The molecule has 0 radical (unpaired) electrons. The van der Waals surface area contributed by atoms with Gasteiger partial charge in [0.1, 0.15) is 18.2 Å². The predicted octanol–water partition coefficient (Wildman–Crippen LogP) is 4.21. The summed E-state index contributed by atoms with van der Waals surface area (Å²) in [5.74, 6) is 0.104. The number of fused-ring (bicyclic) bond motifs is 1. The van der Waals surface area contributed by atoms with Crippen molar-refractivity contribution in [1.29, 1.82) is 0 Å². The standard InChI is InChI=1S/C26H30F4N4O4/c1-16-8-20(27)21(31-24(36)34-13-18-12-25(18,15-34)14-26(28,29)30)11-19(16)17-9-22(33-2-5-37-6-3-33)32-23(10-17)38-7-4-35/h8-11,18,35H,2-7,12-15H2,1H3,(H,31,36). The van der Waals surface area contributed by atoms with Crippen molar-refractivity contribution in [1.82, 2.24) is 9.88 Å². The number of piperidine rings is 1. The lowest BCUT2D eigenvalue weighted by Gasteiger charge is -2.28. The van der Waals surface area contributed by atoms with E-state index in [0.717, 1.165) is 0 Å². The highest BCUT2D eigenvalue weighted by molar-refractivity contribution is 5.91. The van der Waals surface area contributed by atoms with Crippen LogP contribution in [0.5, 0.6) is 5.88 Å². The number of aliphatic hydroxyl groups excluding tert-OH is 1. The molecule has 3 fully saturated rings. The number of urea groups is 1. The van der Waals surface area contributed by atoms with Gasteiger partial charge in [-0.25, -0.2) is 9.18 Å². The van der Waals surface area contributed by atoms with Crippen molar-refractivity contribution >= 4 is 17.5 Å².